The summed E-state index contributed by atoms with van der Waals surface area (Å²) in [6.45, 7) is 4.00. The third-order valence-electron chi connectivity index (χ3n) is 2.81. The molecule has 100 valence electrons. The molecule has 0 aliphatic rings. The molecule has 2 aromatic rings. The molecule has 0 bridgehead atoms. The number of anilines is 1. The molecule has 1 atom stereocenters. The van der Waals surface area contributed by atoms with Gasteiger partial charge in [-0.05, 0) is 49.6 Å². The molecule has 0 spiro atoms. The van der Waals surface area contributed by atoms with Gasteiger partial charge in [0.05, 0.1) is 5.69 Å². The Morgan fingerprint density at radius 1 is 1.37 bits per heavy atom. The van der Waals surface area contributed by atoms with Crippen LogP contribution >= 0.6 is 11.6 Å². The standard InChI is InChI=1S/C15H16ClFN2/c1-10-6-14(15(16)18-9-10)19-11(2)7-12-4-3-5-13(17)8-12/h3-6,8-9,11,19H,7H2,1-2H3. The highest BCUT2D eigenvalue weighted by atomic mass is 35.5. The Labute approximate surface area is 117 Å². The van der Waals surface area contributed by atoms with E-state index in [0.717, 1.165) is 23.2 Å². The van der Waals surface area contributed by atoms with Crippen LogP contribution in [0.1, 0.15) is 18.1 Å². The maximum absolute atomic E-state index is 13.1. The van der Waals surface area contributed by atoms with Crippen molar-refractivity contribution < 1.29 is 4.39 Å². The lowest BCUT2D eigenvalue weighted by Crippen LogP contribution is -2.18. The predicted molar refractivity (Wildman–Crippen MR) is 77.2 cm³/mol. The van der Waals surface area contributed by atoms with E-state index in [1.807, 2.05) is 26.0 Å². The lowest BCUT2D eigenvalue weighted by atomic mass is 10.1. The third-order valence-corrected chi connectivity index (χ3v) is 3.11. The van der Waals surface area contributed by atoms with E-state index >= 15 is 0 Å². The minimum Gasteiger partial charge on any atom is -0.380 e. The van der Waals surface area contributed by atoms with Crippen LogP contribution < -0.4 is 5.32 Å². The van der Waals surface area contributed by atoms with Crippen molar-refractivity contribution in [2.24, 2.45) is 0 Å². The van der Waals surface area contributed by atoms with E-state index in [1.165, 1.54) is 6.07 Å². The van der Waals surface area contributed by atoms with Crippen LogP contribution in [0.4, 0.5) is 10.1 Å². The van der Waals surface area contributed by atoms with Crippen LogP contribution in [0.2, 0.25) is 5.15 Å². The summed E-state index contributed by atoms with van der Waals surface area (Å²) < 4.78 is 13.1. The van der Waals surface area contributed by atoms with Crippen LogP contribution in [-0.2, 0) is 6.42 Å². The normalized spacial score (nSPS) is 12.2. The second kappa shape index (κ2) is 6.02. The topological polar surface area (TPSA) is 24.9 Å². The maximum Gasteiger partial charge on any atom is 0.152 e. The molecule has 2 nitrogen and oxygen atoms in total. The lowest BCUT2D eigenvalue weighted by molar-refractivity contribution is 0.624. The quantitative estimate of drug-likeness (QED) is 0.847. The molecule has 0 radical (unpaired) electrons. The minimum atomic E-state index is -0.208. The smallest absolute Gasteiger partial charge is 0.152 e. The van der Waals surface area contributed by atoms with Crippen LogP contribution in [0, 0.1) is 12.7 Å². The first kappa shape index (κ1) is 13.8. The first-order valence-electron chi connectivity index (χ1n) is 6.17. The Morgan fingerprint density at radius 3 is 2.89 bits per heavy atom. The maximum atomic E-state index is 13.1. The van der Waals surface area contributed by atoms with Gasteiger partial charge in [0.2, 0.25) is 0 Å². The van der Waals surface area contributed by atoms with Gasteiger partial charge in [-0.1, -0.05) is 23.7 Å². The molecule has 0 saturated heterocycles. The number of nitrogens with zero attached hydrogens (tertiary/aromatic N) is 1. The summed E-state index contributed by atoms with van der Waals surface area (Å²) in [4.78, 5) is 4.10. The van der Waals surface area contributed by atoms with E-state index < -0.39 is 0 Å². The van der Waals surface area contributed by atoms with E-state index in [2.05, 4.69) is 10.3 Å². The summed E-state index contributed by atoms with van der Waals surface area (Å²) in [5, 5.41) is 3.76. The van der Waals surface area contributed by atoms with Gasteiger partial charge in [-0.2, -0.15) is 0 Å². The average Bonchev–Trinajstić information content (AvgIpc) is 2.34. The highest BCUT2D eigenvalue weighted by molar-refractivity contribution is 6.31. The lowest BCUT2D eigenvalue weighted by Gasteiger charge is -2.16. The van der Waals surface area contributed by atoms with E-state index in [9.17, 15) is 4.39 Å². The van der Waals surface area contributed by atoms with Crippen LogP contribution in [0.3, 0.4) is 0 Å². The van der Waals surface area contributed by atoms with Gasteiger partial charge < -0.3 is 5.32 Å². The minimum absolute atomic E-state index is 0.142. The molecule has 0 fully saturated rings. The van der Waals surface area contributed by atoms with Crippen molar-refractivity contribution in [1.29, 1.82) is 0 Å². The Kier molecular flexibility index (Phi) is 4.38. The van der Waals surface area contributed by atoms with E-state index in [-0.39, 0.29) is 11.9 Å². The number of aryl methyl sites for hydroxylation is 1. The van der Waals surface area contributed by atoms with Gasteiger partial charge in [-0.25, -0.2) is 9.37 Å². The number of benzene rings is 1. The van der Waals surface area contributed by atoms with Crippen LogP contribution in [0.15, 0.2) is 36.5 Å². The zero-order valence-corrected chi connectivity index (χ0v) is 11.7. The van der Waals surface area contributed by atoms with Crippen LogP contribution in [0.5, 0.6) is 0 Å². The number of nitrogens with one attached hydrogen (secondary N) is 1. The Hall–Kier alpha value is -1.61. The third kappa shape index (κ3) is 3.93. The van der Waals surface area contributed by atoms with Crippen molar-refractivity contribution in [3.63, 3.8) is 0 Å². The number of aromatic nitrogens is 1. The van der Waals surface area contributed by atoms with Crippen molar-refractivity contribution in [2.75, 3.05) is 5.32 Å². The predicted octanol–water partition coefficient (Wildman–Crippen LogP) is 4.23. The molecule has 1 aromatic heterocycles. The average molecular weight is 279 g/mol. The summed E-state index contributed by atoms with van der Waals surface area (Å²) >= 11 is 6.03. The molecule has 0 saturated carbocycles. The molecule has 0 aliphatic carbocycles. The van der Waals surface area contributed by atoms with E-state index in [1.54, 1.807) is 18.3 Å². The van der Waals surface area contributed by atoms with Crippen LogP contribution in [-0.4, -0.2) is 11.0 Å². The van der Waals surface area contributed by atoms with Gasteiger partial charge in [0.15, 0.2) is 5.15 Å². The van der Waals surface area contributed by atoms with E-state index in [0.29, 0.717) is 5.15 Å². The summed E-state index contributed by atoms with van der Waals surface area (Å²) in [5.41, 5.74) is 2.81. The molecule has 1 N–H and O–H groups in total. The fourth-order valence-electron chi connectivity index (χ4n) is 1.99. The number of halogens is 2. The zero-order chi connectivity index (χ0) is 13.8. The largest absolute Gasteiger partial charge is 0.380 e. The van der Waals surface area contributed by atoms with Crippen LogP contribution in [0.25, 0.3) is 0 Å². The van der Waals surface area contributed by atoms with Crippen molar-refractivity contribution in [3.05, 3.63) is 58.6 Å². The van der Waals surface area contributed by atoms with E-state index in [4.69, 9.17) is 11.6 Å². The highest BCUT2D eigenvalue weighted by Gasteiger charge is 2.08. The van der Waals surface area contributed by atoms with Crippen molar-refractivity contribution in [3.8, 4) is 0 Å². The molecule has 19 heavy (non-hydrogen) atoms. The van der Waals surface area contributed by atoms with Gasteiger partial charge in [-0.15, -0.1) is 0 Å². The second-order valence-electron chi connectivity index (χ2n) is 4.73. The summed E-state index contributed by atoms with van der Waals surface area (Å²) in [5.74, 6) is -0.208. The molecular weight excluding hydrogens is 263 g/mol. The van der Waals surface area contributed by atoms with Crippen molar-refractivity contribution >= 4 is 17.3 Å². The SMILES string of the molecule is Cc1cnc(Cl)c(NC(C)Cc2cccc(F)c2)c1. The molecule has 0 aliphatic heterocycles. The van der Waals surface area contributed by atoms with Gasteiger partial charge in [0, 0.05) is 12.2 Å². The molecule has 0 amide bonds. The van der Waals surface area contributed by atoms with Crippen molar-refractivity contribution in [1.82, 2.24) is 4.98 Å². The van der Waals surface area contributed by atoms with Gasteiger partial charge in [0.1, 0.15) is 5.82 Å². The summed E-state index contributed by atoms with van der Waals surface area (Å²) in [6.07, 6.45) is 2.45. The highest BCUT2D eigenvalue weighted by Crippen LogP contribution is 2.21. The number of pyridine rings is 1. The molecule has 1 aromatic carbocycles. The van der Waals surface area contributed by atoms with Gasteiger partial charge in [0.25, 0.3) is 0 Å². The zero-order valence-electron chi connectivity index (χ0n) is 11.0. The Balaban J connectivity index is 2.05. The first-order valence-corrected chi connectivity index (χ1v) is 6.55. The number of rotatable bonds is 4. The molecule has 1 heterocycles. The fourth-order valence-corrected chi connectivity index (χ4v) is 2.15. The Bertz CT molecular complexity index is 572. The summed E-state index contributed by atoms with van der Waals surface area (Å²) in [6, 6.07) is 8.73. The number of hydrogen-bond donors (Lipinski definition) is 1. The fraction of sp³-hybridized carbons (Fsp3) is 0.267. The molecule has 4 heteroatoms. The molecular formula is C15H16ClFN2. The Morgan fingerprint density at radius 2 is 2.16 bits per heavy atom. The summed E-state index contributed by atoms with van der Waals surface area (Å²) in [7, 11) is 0. The monoisotopic (exact) mass is 278 g/mol. The first-order chi connectivity index (χ1) is 9.04. The molecule has 1 unspecified atom stereocenters. The number of hydrogen-bond acceptors (Lipinski definition) is 2. The van der Waals surface area contributed by atoms with Gasteiger partial charge in [-0.3, -0.25) is 0 Å². The molecule has 2 rings (SSSR count). The van der Waals surface area contributed by atoms with Crippen molar-refractivity contribution in [2.45, 2.75) is 26.3 Å². The second-order valence-corrected chi connectivity index (χ2v) is 5.09. The van der Waals surface area contributed by atoms with Gasteiger partial charge >= 0.3 is 0 Å².